The average Bonchev–Trinajstić information content (AvgIpc) is 3.33. The molecule has 0 N–H and O–H groups in total. The summed E-state index contributed by atoms with van der Waals surface area (Å²) >= 11 is 0. The summed E-state index contributed by atoms with van der Waals surface area (Å²) in [5.74, 6) is -0.907. The minimum Gasteiger partial charge on any atom is -0.462 e. The van der Waals surface area contributed by atoms with Gasteiger partial charge in [0.15, 0.2) is 6.10 Å². The van der Waals surface area contributed by atoms with Crippen molar-refractivity contribution in [3.8, 4) is 0 Å². The van der Waals surface area contributed by atoms with Crippen molar-refractivity contribution in [2.24, 2.45) is 0 Å². The van der Waals surface area contributed by atoms with Crippen LogP contribution in [0.2, 0.25) is 0 Å². The number of ether oxygens (including phenoxy) is 3. The smallest absolute Gasteiger partial charge is 0.306 e. The van der Waals surface area contributed by atoms with Gasteiger partial charge in [0.05, 0.1) is 0 Å². The van der Waals surface area contributed by atoms with Crippen molar-refractivity contribution in [1.82, 2.24) is 0 Å². The summed E-state index contributed by atoms with van der Waals surface area (Å²) in [6.07, 6.45) is 71.4. The summed E-state index contributed by atoms with van der Waals surface area (Å²) in [5.41, 5.74) is 0. The highest BCUT2D eigenvalue weighted by Crippen LogP contribution is 2.15. The Morgan fingerprint density at radius 3 is 0.925 bits per heavy atom. The molecule has 0 aliphatic carbocycles. The van der Waals surface area contributed by atoms with Gasteiger partial charge in [-0.15, -0.1) is 0 Å². The molecule has 0 fully saturated rings. The first-order valence-electron chi connectivity index (χ1n) is 28.1. The molecule has 0 rings (SSSR count). The van der Waals surface area contributed by atoms with Crippen LogP contribution in [0.4, 0.5) is 0 Å². The van der Waals surface area contributed by atoms with E-state index >= 15 is 0 Å². The molecular formula is C61H104O6. The van der Waals surface area contributed by atoms with E-state index in [2.05, 4.69) is 106 Å². The van der Waals surface area contributed by atoms with Gasteiger partial charge in [0.2, 0.25) is 0 Å². The number of allylic oxidation sites excluding steroid dienone is 14. The van der Waals surface area contributed by atoms with Crippen molar-refractivity contribution in [1.29, 1.82) is 0 Å². The normalized spacial score (nSPS) is 12.7. The molecule has 0 heterocycles. The number of hydrogen-bond acceptors (Lipinski definition) is 6. The Labute approximate surface area is 414 Å². The lowest BCUT2D eigenvalue weighted by Gasteiger charge is -2.18. The van der Waals surface area contributed by atoms with Crippen molar-refractivity contribution < 1.29 is 28.6 Å². The Morgan fingerprint density at radius 1 is 0.313 bits per heavy atom. The standard InChI is InChI=1S/C61H104O6/c1-4-7-10-13-16-19-22-25-26-27-28-29-30-31-32-33-34-35-36-37-40-42-45-48-51-54-60(63)66-57-58(67-61(64)55-52-49-46-43-39-24-21-18-15-12-9-6-3)56-65-59(62)53-50-47-44-41-38-23-20-17-14-11-8-5-2/h7,10,16-21,25-26,28-29,31-32,58H,4-6,8-9,11-15,22-24,27,30,33-57H2,1-3H3/b10-7-,19-16-,20-17-,21-18-,26-25-,29-28-,32-31-. The SMILES string of the molecule is CC/C=C\C/C=C\C/C=C\C/C=C\C/C=C\CCCCCCCCCCCC(=O)OCC(COC(=O)CCCCCCC/C=C\CCCCC)OC(=O)CCCCCCC/C=C\CCCCC. The Morgan fingerprint density at radius 2 is 0.582 bits per heavy atom. The van der Waals surface area contributed by atoms with E-state index in [0.29, 0.717) is 19.3 Å². The summed E-state index contributed by atoms with van der Waals surface area (Å²) in [6, 6.07) is 0. The fourth-order valence-corrected chi connectivity index (χ4v) is 7.63. The van der Waals surface area contributed by atoms with Gasteiger partial charge < -0.3 is 14.2 Å². The van der Waals surface area contributed by atoms with E-state index in [1.165, 1.54) is 109 Å². The van der Waals surface area contributed by atoms with Gasteiger partial charge in [-0.05, 0) is 116 Å². The number of hydrogen-bond donors (Lipinski definition) is 0. The van der Waals surface area contributed by atoms with E-state index in [1.807, 2.05) is 0 Å². The third-order valence-electron chi connectivity index (χ3n) is 11.9. The predicted octanol–water partition coefficient (Wildman–Crippen LogP) is 18.8. The summed E-state index contributed by atoms with van der Waals surface area (Å²) in [7, 11) is 0. The molecule has 1 atom stereocenters. The van der Waals surface area contributed by atoms with Crippen LogP contribution in [0.5, 0.6) is 0 Å². The fourth-order valence-electron chi connectivity index (χ4n) is 7.63. The maximum Gasteiger partial charge on any atom is 0.306 e. The zero-order valence-electron chi connectivity index (χ0n) is 43.9. The van der Waals surface area contributed by atoms with Crippen LogP contribution in [0.3, 0.4) is 0 Å². The second kappa shape index (κ2) is 55.2. The molecule has 0 aromatic heterocycles. The van der Waals surface area contributed by atoms with Gasteiger partial charge in [-0.25, -0.2) is 0 Å². The zero-order chi connectivity index (χ0) is 48.6. The van der Waals surface area contributed by atoms with E-state index in [-0.39, 0.29) is 31.1 Å². The molecule has 6 nitrogen and oxygen atoms in total. The van der Waals surface area contributed by atoms with E-state index in [4.69, 9.17) is 14.2 Å². The zero-order valence-corrected chi connectivity index (χ0v) is 43.9. The van der Waals surface area contributed by atoms with Crippen molar-refractivity contribution in [2.75, 3.05) is 13.2 Å². The number of carbonyl (C=O) groups is 3. The Kier molecular flexibility index (Phi) is 52.4. The van der Waals surface area contributed by atoms with Crippen molar-refractivity contribution in [3.05, 3.63) is 85.1 Å². The lowest BCUT2D eigenvalue weighted by atomic mass is 10.1. The lowest BCUT2D eigenvalue weighted by molar-refractivity contribution is -0.167. The second-order valence-electron chi connectivity index (χ2n) is 18.5. The van der Waals surface area contributed by atoms with Crippen molar-refractivity contribution >= 4 is 17.9 Å². The average molecular weight is 933 g/mol. The van der Waals surface area contributed by atoms with Gasteiger partial charge in [-0.2, -0.15) is 0 Å². The van der Waals surface area contributed by atoms with Crippen LogP contribution >= 0.6 is 0 Å². The first kappa shape index (κ1) is 63.6. The molecule has 0 radical (unpaired) electrons. The highest BCUT2D eigenvalue weighted by atomic mass is 16.6. The van der Waals surface area contributed by atoms with Crippen LogP contribution in [-0.2, 0) is 28.6 Å². The highest BCUT2D eigenvalue weighted by Gasteiger charge is 2.19. The second-order valence-corrected chi connectivity index (χ2v) is 18.5. The lowest BCUT2D eigenvalue weighted by Crippen LogP contribution is -2.30. The summed E-state index contributed by atoms with van der Waals surface area (Å²) in [4.78, 5) is 38.0. The van der Waals surface area contributed by atoms with E-state index in [9.17, 15) is 14.4 Å². The number of unbranched alkanes of at least 4 members (excludes halogenated alkanes) is 25. The third-order valence-corrected chi connectivity index (χ3v) is 11.9. The molecule has 0 aliphatic rings. The first-order chi connectivity index (χ1) is 33.0. The van der Waals surface area contributed by atoms with Gasteiger partial charge in [0, 0.05) is 19.3 Å². The third kappa shape index (κ3) is 53.4. The molecule has 0 saturated carbocycles. The quantitative estimate of drug-likeness (QED) is 0.0262. The molecule has 0 aromatic carbocycles. The van der Waals surface area contributed by atoms with Crippen molar-refractivity contribution in [2.45, 2.75) is 271 Å². The van der Waals surface area contributed by atoms with Gasteiger partial charge in [-0.1, -0.05) is 215 Å². The highest BCUT2D eigenvalue weighted by molar-refractivity contribution is 5.71. The van der Waals surface area contributed by atoms with Gasteiger partial charge in [0.25, 0.3) is 0 Å². The molecule has 0 aliphatic heterocycles. The maximum absolute atomic E-state index is 12.8. The summed E-state index contributed by atoms with van der Waals surface area (Å²) < 4.78 is 16.8. The molecule has 6 heteroatoms. The predicted molar refractivity (Wildman–Crippen MR) is 288 cm³/mol. The van der Waals surface area contributed by atoms with Crippen LogP contribution in [0.1, 0.15) is 265 Å². The summed E-state index contributed by atoms with van der Waals surface area (Å²) in [5, 5.41) is 0. The Balaban J connectivity index is 4.28. The van der Waals surface area contributed by atoms with Gasteiger partial charge in [0.1, 0.15) is 13.2 Å². The van der Waals surface area contributed by atoms with Crippen LogP contribution in [0, 0.1) is 0 Å². The fraction of sp³-hybridized carbons (Fsp3) is 0.721. The molecule has 0 saturated heterocycles. The Hall–Kier alpha value is -3.41. The van der Waals surface area contributed by atoms with Gasteiger partial charge >= 0.3 is 17.9 Å². The van der Waals surface area contributed by atoms with E-state index < -0.39 is 6.10 Å². The molecular weight excluding hydrogens is 829 g/mol. The molecule has 0 spiro atoms. The van der Waals surface area contributed by atoms with E-state index in [0.717, 1.165) is 116 Å². The summed E-state index contributed by atoms with van der Waals surface area (Å²) in [6.45, 7) is 6.46. The Bertz CT molecular complexity index is 1300. The monoisotopic (exact) mass is 933 g/mol. The van der Waals surface area contributed by atoms with Gasteiger partial charge in [-0.3, -0.25) is 14.4 Å². The number of carbonyl (C=O) groups excluding carboxylic acids is 3. The molecule has 384 valence electrons. The van der Waals surface area contributed by atoms with Crippen LogP contribution in [-0.4, -0.2) is 37.2 Å². The molecule has 0 bridgehead atoms. The number of rotatable bonds is 50. The van der Waals surface area contributed by atoms with Crippen LogP contribution < -0.4 is 0 Å². The minimum absolute atomic E-state index is 0.0854. The molecule has 67 heavy (non-hydrogen) atoms. The molecule has 0 amide bonds. The number of esters is 3. The largest absolute Gasteiger partial charge is 0.462 e. The van der Waals surface area contributed by atoms with Crippen LogP contribution in [0.25, 0.3) is 0 Å². The molecule has 0 aromatic rings. The van der Waals surface area contributed by atoms with Crippen molar-refractivity contribution in [3.63, 3.8) is 0 Å². The first-order valence-corrected chi connectivity index (χ1v) is 28.1. The van der Waals surface area contributed by atoms with Crippen LogP contribution in [0.15, 0.2) is 85.1 Å². The topological polar surface area (TPSA) is 78.9 Å². The minimum atomic E-state index is -0.786. The molecule has 1 unspecified atom stereocenters. The van der Waals surface area contributed by atoms with E-state index in [1.54, 1.807) is 0 Å². The maximum atomic E-state index is 12.8.